The summed E-state index contributed by atoms with van der Waals surface area (Å²) in [5.74, 6) is -0.635. The molecule has 3 aromatic rings. The van der Waals surface area contributed by atoms with Crippen LogP contribution in [0.1, 0.15) is 61.4 Å². The zero-order chi connectivity index (χ0) is 27.2. The van der Waals surface area contributed by atoms with Crippen LogP contribution in [0.5, 0.6) is 0 Å². The molecule has 1 aliphatic heterocycles. The largest absolute Gasteiger partial charge is 0.481 e. The molecule has 2 heterocycles. The smallest absolute Gasteiger partial charge is 0.304 e. The van der Waals surface area contributed by atoms with E-state index in [0.29, 0.717) is 19.6 Å². The van der Waals surface area contributed by atoms with Gasteiger partial charge in [-0.2, -0.15) is 0 Å². The predicted molar refractivity (Wildman–Crippen MR) is 155 cm³/mol. The molecule has 206 valence electrons. The Bertz CT molecular complexity index is 1280. The van der Waals surface area contributed by atoms with Gasteiger partial charge in [0.05, 0.1) is 23.2 Å². The summed E-state index contributed by atoms with van der Waals surface area (Å²) >= 11 is 0. The lowest BCUT2D eigenvalue weighted by Crippen LogP contribution is -2.47. The van der Waals surface area contributed by atoms with Gasteiger partial charge >= 0.3 is 5.97 Å². The first kappa shape index (κ1) is 27.3. The van der Waals surface area contributed by atoms with Gasteiger partial charge in [-0.15, -0.1) is 0 Å². The Balaban J connectivity index is 1.55. The highest BCUT2D eigenvalue weighted by Gasteiger charge is 2.31. The summed E-state index contributed by atoms with van der Waals surface area (Å²) in [7, 11) is 0. The third-order valence-corrected chi connectivity index (χ3v) is 8.36. The third-order valence-electron chi connectivity index (χ3n) is 8.36. The van der Waals surface area contributed by atoms with Crippen LogP contribution in [0.2, 0.25) is 0 Å². The Hall–Kier alpha value is -3.29. The molecular weight excluding hydrogens is 488 g/mol. The van der Waals surface area contributed by atoms with Gasteiger partial charge in [-0.05, 0) is 25.8 Å². The Labute approximate surface area is 231 Å². The van der Waals surface area contributed by atoms with E-state index in [9.17, 15) is 9.59 Å². The number of carbonyl (C=O) groups excluding carboxylic acids is 1. The number of hydrogen-bond acceptors (Lipinski definition) is 5. The van der Waals surface area contributed by atoms with Crippen LogP contribution in [0, 0.1) is 0 Å². The average molecular weight is 529 g/mol. The van der Waals surface area contributed by atoms with Crippen molar-refractivity contribution in [2.24, 2.45) is 0 Å². The molecule has 5 rings (SSSR count). The van der Waals surface area contributed by atoms with Crippen LogP contribution < -0.4 is 0 Å². The number of hydrogen-bond donors (Lipinski definition) is 1. The van der Waals surface area contributed by atoms with Crippen molar-refractivity contribution in [1.29, 1.82) is 0 Å². The van der Waals surface area contributed by atoms with Crippen LogP contribution in [-0.2, 0) is 11.3 Å². The van der Waals surface area contributed by atoms with Crippen LogP contribution in [0.3, 0.4) is 0 Å². The van der Waals surface area contributed by atoms with Crippen molar-refractivity contribution >= 4 is 22.8 Å². The van der Waals surface area contributed by atoms with Crippen LogP contribution in [-0.4, -0.2) is 82.0 Å². The minimum atomic E-state index is -0.756. The number of piperazine rings is 1. The monoisotopic (exact) mass is 528 g/mol. The van der Waals surface area contributed by atoms with Gasteiger partial charge < -0.3 is 14.9 Å². The van der Waals surface area contributed by atoms with Gasteiger partial charge in [-0.25, -0.2) is 4.98 Å². The van der Waals surface area contributed by atoms with E-state index in [-0.39, 0.29) is 18.4 Å². The Morgan fingerprint density at radius 1 is 0.923 bits per heavy atom. The zero-order valence-electron chi connectivity index (χ0n) is 23.0. The first-order valence-corrected chi connectivity index (χ1v) is 14.5. The van der Waals surface area contributed by atoms with E-state index in [0.717, 1.165) is 72.3 Å². The van der Waals surface area contributed by atoms with Gasteiger partial charge in [0.2, 0.25) is 0 Å². The molecule has 0 unspecified atom stereocenters. The van der Waals surface area contributed by atoms with Gasteiger partial charge in [0.25, 0.3) is 5.91 Å². The van der Waals surface area contributed by atoms with Crippen LogP contribution in [0.25, 0.3) is 22.2 Å². The maximum atomic E-state index is 14.6. The first-order valence-electron chi connectivity index (χ1n) is 14.5. The number of carboxylic acids is 1. The second-order valence-electron chi connectivity index (χ2n) is 10.8. The summed E-state index contributed by atoms with van der Waals surface area (Å²) < 4.78 is 0. The molecule has 0 bridgehead atoms. The topological polar surface area (TPSA) is 77.0 Å². The lowest BCUT2D eigenvalue weighted by molar-refractivity contribution is -0.137. The lowest BCUT2D eigenvalue weighted by Gasteiger charge is -2.36. The fourth-order valence-corrected chi connectivity index (χ4v) is 6.24. The summed E-state index contributed by atoms with van der Waals surface area (Å²) in [5.41, 5.74) is 4.54. The molecule has 0 radical (unpaired) electrons. The highest BCUT2D eigenvalue weighted by Crippen LogP contribution is 2.34. The highest BCUT2D eigenvalue weighted by molar-refractivity contribution is 6.09. The van der Waals surface area contributed by atoms with E-state index in [1.54, 1.807) is 0 Å². The summed E-state index contributed by atoms with van der Waals surface area (Å²) in [6.07, 6.45) is 5.92. The number of aromatic nitrogens is 1. The number of carbonyl (C=O) groups is 2. The first-order chi connectivity index (χ1) is 19.0. The molecule has 1 aromatic heterocycles. The van der Waals surface area contributed by atoms with Crippen molar-refractivity contribution in [3.63, 3.8) is 0 Å². The average Bonchev–Trinajstić information content (AvgIpc) is 2.97. The lowest BCUT2D eigenvalue weighted by atomic mass is 9.91. The van der Waals surface area contributed by atoms with Gasteiger partial charge in [-0.1, -0.05) is 67.8 Å². The van der Waals surface area contributed by atoms with Gasteiger partial charge in [0.1, 0.15) is 0 Å². The number of rotatable bonds is 9. The van der Waals surface area contributed by atoms with Gasteiger partial charge in [0.15, 0.2) is 0 Å². The Morgan fingerprint density at radius 3 is 2.28 bits per heavy atom. The highest BCUT2D eigenvalue weighted by atomic mass is 16.4. The van der Waals surface area contributed by atoms with Crippen LogP contribution in [0.15, 0.2) is 54.6 Å². The molecule has 2 fully saturated rings. The molecule has 39 heavy (non-hydrogen) atoms. The van der Waals surface area contributed by atoms with Crippen molar-refractivity contribution < 1.29 is 14.7 Å². The van der Waals surface area contributed by atoms with Crippen molar-refractivity contribution in [2.75, 3.05) is 39.3 Å². The predicted octanol–water partition coefficient (Wildman–Crippen LogP) is 5.29. The fourth-order valence-electron chi connectivity index (χ4n) is 6.24. The molecule has 0 atom stereocenters. The van der Waals surface area contributed by atoms with E-state index < -0.39 is 5.97 Å². The van der Waals surface area contributed by atoms with Crippen molar-refractivity contribution in [2.45, 2.75) is 58.0 Å². The molecule has 2 aliphatic rings. The standard InChI is InChI=1S/C32H40N4O3/c1-2-36(25-13-7-4-8-14-25)32(39)30-26-15-9-10-16-28(26)33-31(24-11-5-3-6-12-24)27(30)23-35-21-19-34(20-22-35)18-17-29(37)38/h3,5-6,9-12,15-16,25H,2,4,7-8,13-14,17-23H2,1H3,(H,37,38). The summed E-state index contributed by atoms with van der Waals surface area (Å²) in [5, 5.41) is 10.0. The SMILES string of the molecule is CCN(C(=O)c1c(CN2CCN(CCC(=O)O)CC2)c(-c2ccccc2)nc2ccccc12)C1CCCCC1. The molecule has 1 N–H and O–H groups in total. The normalized spacial score (nSPS) is 17.4. The van der Waals surface area contributed by atoms with Crippen molar-refractivity contribution in [3.05, 3.63) is 65.7 Å². The number of pyridine rings is 1. The van der Waals surface area contributed by atoms with Gasteiger partial charge in [-0.3, -0.25) is 14.5 Å². The van der Waals surface area contributed by atoms with Crippen molar-refractivity contribution in [1.82, 2.24) is 19.7 Å². The number of carboxylic acid groups (broad SMARTS) is 1. The van der Waals surface area contributed by atoms with Crippen LogP contribution in [0.4, 0.5) is 0 Å². The van der Waals surface area contributed by atoms with E-state index in [1.807, 2.05) is 42.5 Å². The van der Waals surface area contributed by atoms with Crippen molar-refractivity contribution in [3.8, 4) is 11.3 Å². The number of para-hydroxylation sites is 1. The molecule has 7 heteroatoms. The van der Waals surface area contributed by atoms with E-state index in [2.05, 4.69) is 33.8 Å². The number of aliphatic carboxylic acids is 1. The fraction of sp³-hybridized carbons (Fsp3) is 0.469. The summed E-state index contributed by atoms with van der Waals surface area (Å²) in [4.78, 5) is 37.5. The number of amides is 1. The number of nitrogens with zero attached hydrogens (tertiary/aromatic N) is 4. The maximum Gasteiger partial charge on any atom is 0.304 e. The minimum Gasteiger partial charge on any atom is -0.481 e. The Morgan fingerprint density at radius 2 is 1.59 bits per heavy atom. The number of fused-ring (bicyclic) bond motifs is 1. The van der Waals surface area contributed by atoms with Crippen LogP contribution >= 0.6 is 0 Å². The van der Waals surface area contributed by atoms with E-state index >= 15 is 0 Å². The third kappa shape index (κ3) is 6.31. The molecule has 7 nitrogen and oxygen atoms in total. The van der Waals surface area contributed by atoms with E-state index in [1.165, 1.54) is 19.3 Å². The molecule has 0 spiro atoms. The van der Waals surface area contributed by atoms with E-state index in [4.69, 9.17) is 10.1 Å². The zero-order valence-corrected chi connectivity index (χ0v) is 23.0. The quantitative estimate of drug-likeness (QED) is 0.407. The maximum absolute atomic E-state index is 14.6. The molecule has 1 amide bonds. The van der Waals surface area contributed by atoms with Gasteiger partial charge in [0, 0.05) is 68.4 Å². The molecular formula is C32H40N4O3. The second-order valence-corrected chi connectivity index (χ2v) is 10.8. The molecule has 1 saturated carbocycles. The number of benzene rings is 2. The summed E-state index contributed by atoms with van der Waals surface area (Å²) in [6, 6.07) is 18.6. The molecule has 1 saturated heterocycles. The minimum absolute atomic E-state index is 0.121. The molecule has 2 aromatic carbocycles. The summed E-state index contributed by atoms with van der Waals surface area (Å²) in [6.45, 7) is 7.31. The second kappa shape index (κ2) is 12.7. The molecule has 1 aliphatic carbocycles. The Kier molecular flexibility index (Phi) is 8.89.